The van der Waals surface area contributed by atoms with Gasteiger partial charge >= 0.3 is 0 Å². The number of aromatic nitrogens is 3. The Kier molecular flexibility index (Phi) is 4.70. The summed E-state index contributed by atoms with van der Waals surface area (Å²) in [4.78, 5) is 16.5. The molecule has 0 fully saturated rings. The van der Waals surface area contributed by atoms with E-state index in [1.54, 1.807) is 12.1 Å². The standard InChI is InChI=1S/C14H16ClN5O/c1-3-11-12(4-2)19-20-14(17-11)18-13(21)9-6-5-8(16)7-10(9)15/h5-7H,3-4,16H2,1-2H3,(H,17,18,20,21). The van der Waals surface area contributed by atoms with E-state index in [1.807, 2.05) is 13.8 Å². The maximum Gasteiger partial charge on any atom is 0.259 e. The number of carbonyl (C=O) groups is 1. The lowest BCUT2D eigenvalue weighted by Gasteiger charge is -2.08. The van der Waals surface area contributed by atoms with Gasteiger partial charge in [0.2, 0.25) is 5.95 Å². The number of hydrogen-bond acceptors (Lipinski definition) is 5. The highest BCUT2D eigenvalue weighted by atomic mass is 35.5. The van der Waals surface area contributed by atoms with Crippen LogP contribution in [0.4, 0.5) is 11.6 Å². The van der Waals surface area contributed by atoms with Crippen molar-refractivity contribution in [3.8, 4) is 0 Å². The molecule has 0 atom stereocenters. The van der Waals surface area contributed by atoms with Crippen LogP contribution in [0.5, 0.6) is 0 Å². The second-order valence-electron chi connectivity index (χ2n) is 4.43. The Balaban J connectivity index is 2.23. The zero-order valence-corrected chi connectivity index (χ0v) is 12.6. The fraction of sp³-hybridized carbons (Fsp3) is 0.286. The number of anilines is 2. The van der Waals surface area contributed by atoms with Gasteiger partial charge < -0.3 is 5.73 Å². The van der Waals surface area contributed by atoms with E-state index in [4.69, 9.17) is 17.3 Å². The number of aryl methyl sites for hydroxylation is 2. The molecule has 1 heterocycles. The molecular weight excluding hydrogens is 290 g/mol. The number of amides is 1. The quantitative estimate of drug-likeness (QED) is 0.846. The molecule has 0 aliphatic rings. The summed E-state index contributed by atoms with van der Waals surface area (Å²) < 4.78 is 0. The number of rotatable bonds is 4. The normalized spacial score (nSPS) is 10.4. The molecule has 0 aliphatic carbocycles. The fourth-order valence-corrected chi connectivity index (χ4v) is 2.15. The number of nitrogens with one attached hydrogen (secondary N) is 1. The van der Waals surface area contributed by atoms with Crippen molar-refractivity contribution in [3.05, 3.63) is 40.2 Å². The summed E-state index contributed by atoms with van der Waals surface area (Å²) in [6, 6.07) is 4.69. The van der Waals surface area contributed by atoms with Gasteiger partial charge in [0.05, 0.1) is 22.0 Å². The number of benzene rings is 1. The van der Waals surface area contributed by atoms with Crippen LogP contribution in [0.2, 0.25) is 5.02 Å². The van der Waals surface area contributed by atoms with Gasteiger partial charge in [-0.15, -0.1) is 10.2 Å². The SMILES string of the molecule is CCc1nnc(NC(=O)c2ccc(N)cc2Cl)nc1CC. The topological polar surface area (TPSA) is 93.8 Å². The molecule has 0 radical (unpaired) electrons. The number of hydrogen-bond donors (Lipinski definition) is 2. The van der Waals surface area contributed by atoms with Crippen molar-refractivity contribution in [3.63, 3.8) is 0 Å². The molecule has 0 unspecified atom stereocenters. The van der Waals surface area contributed by atoms with E-state index in [2.05, 4.69) is 20.5 Å². The van der Waals surface area contributed by atoms with E-state index in [9.17, 15) is 4.79 Å². The maximum absolute atomic E-state index is 12.2. The van der Waals surface area contributed by atoms with E-state index in [0.717, 1.165) is 24.2 Å². The Hall–Kier alpha value is -2.21. The van der Waals surface area contributed by atoms with Crippen molar-refractivity contribution in [2.24, 2.45) is 0 Å². The Bertz CT molecular complexity index is 674. The first-order chi connectivity index (χ1) is 10.0. The van der Waals surface area contributed by atoms with Crippen LogP contribution in [0, 0.1) is 0 Å². The molecular formula is C14H16ClN5O. The van der Waals surface area contributed by atoms with Crippen LogP contribution in [0.15, 0.2) is 18.2 Å². The molecule has 1 amide bonds. The van der Waals surface area contributed by atoms with Gasteiger partial charge in [-0.25, -0.2) is 4.98 Å². The molecule has 1 aromatic heterocycles. The van der Waals surface area contributed by atoms with Gasteiger partial charge in [-0.1, -0.05) is 25.4 Å². The third-order valence-corrected chi connectivity index (χ3v) is 3.28. The van der Waals surface area contributed by atoms with Gasteiger partial charge in [0.25, 0.3) is 5.91 Å². The predicted molar refractivity (Wildman–Crippen MR) is 82.4 cm³/mol. The van der Waals surface area contributed by atoms with Crippen molar-refractivity contribution in [1.82, 2.24) is 15.2 Å². The van der Waals surface area contributed by atoms with Crippen LogP contribution in [-0.2, 0) is 12.8 Å². The lowest BCUT2D eigenvalue weighted by Crippen LogP contribution is -2.17. The van der Waals surface area contributed by atoms with E-state index in [-0.39, 0.29) is 11.0 Å². The first-order valence-corrected chi connectivity index (χ1v) is 7.01. The summed E-state index contributed by atoms with van der Waals surface area (Å²) in [6.07, 6.45) is 1.48. The average Bonchev–Trinajstić information content (AvgIpc) is 2.46. The molecule has 6 nitrogen and oxygen atoms in total. The van der Waals surface area contributed by atoms with E-state index < -0.39 is 5.91 Å². The minimum absolute atomic E-state index is 0.168. The van der Waals surface area contributed by atoms with Crippen molar-refractivity contribution >= 4 is 29.1 Å². The first kappa shape index (κ1) is 15.2. The van der Waals surface area contributed by atoms with Crippen molar-refractivity contribution in [1.29, 1.82) is 0 Å². The molecule has 0 saturated carbocycles. The summed E-state index contributed by atoms with van der Waals surface area (Å²) in [6.45, 7) is 3.96. The zero-order chi connectivity index (χ0) is 15.4. The molecule has 0 bridgehead atoms. The molecule has 0 spiro atoms. The fourth-order valence-electron chi connectivity index (χ4n) is 1.88. The van der Waals surface area contributed by atoms with Gasteiger partial charge in [-0.2, -0.15) is 0 Å². The lowest BCUT2D eigenvalue weighted by molar-refractivity contribution is 0.102. The highest BCUT2D eigenvalue weighted by Crippen LogP contribution is 2.20. The molecule has 2 rings (SSSR count). The summed E-state index contributed by atoms with van der Waals surface area (Å²) >= 11 is 6.00. The molecule has 1 aromatic carbocycles. The smallest absolute Gasteiger partial charge is 0.259 e. The predicted octanol–water partition coefficient (Wildman–Crippen LogP) is 2.48. The highest BCUT2D eigenvalue weighted by molar-refractivity contribution is 6.34. The third kappa shape index (κ3) is 3.46. The molecule has 110 valence electrons. The number of carbonyl (C=O) groups excluding carboxylic acids is 1. The number of nitrogens with zero attached hydrogens (tertiary/aromatic N) is 3. The average molecular weight is 306 g/mol. The van der Waals surface area contributed by atoms with Crippen molar-refractivity contribution in [2.75, 3.05) is 11.1 Å². The monoisotopic (exact) mass is 305 g/mol. The molecule has 0 aliphatic heterocycles. The molecule has 3 N–H and O–H groups in total. The van der Waals surface area contributed by atoms with Crippen LogP contribution in [0.25, 0.3) is 0 Å². The van der Waals surface area contributed by atoms with Crippen LogP contribution in [-0.4, -0.2) is 21.1 Å². The van der Waals surface area contributed by atoms with E-state index in [0.29, 0.717) is 11.3 Å². The molecule has 7 heteroatoms. The van der Waals surface area contributed by atoms with Crippen LogP contribution in [0.3, 0.4) is 0 Å². The molecule has 2 aromatic rings. The van der Waals surface area contributed by atoms with E-state index in [1.165, 1.54) is 6.07 Å². The Morgan fingerprint density at radius 3 is 2.57 bits per heavy atom. The van der Waals surface area contributed by atoms with E-state index >= 15 is 0 Å². The maximum atomic E-state index is 12.2. The molecule has 21 heavy (non-hydrogen) atoms. The van der Waals surface area contributed by atoms with Crippen LogP contribution in [0.1, 0.15) is 35.6 Å². The number of nitrogen functional groups attached to an aromatic ring is 1. The Morgan fingerprint density at radius 1 is 1.24 bits per heavy atom. The Labute approximate surface area is 127 Å². The van der Waals surface area contributed by atoms with Gasteiger partial charge in [0.15, 0.2) is 0 Å². The second-order valence-corrected chi connectivity index (χ2v) is 4.84. The van der Waals surface area contributed by atoms with Gasteiger partial charge in [0, 0.05) is 5.69 Å². The number of nitrogens with two attached hydrogens (primary N) is 1. The highest BCUT2D eigenvalue weighted by Gasteiger charge is 2.13. The van der Waals surface area contributed by atoms with Crippen molar-refractivity contribution in [2.45, 2.75) is 26.7 Å². The summed E-state index contributed by atoms with van der Waals surface area (Å²) in [7, 11) is 0. The van der Waals surface area contributed by atoms with Crippen molar-refractivity contribution < 1.29 is 4.79 Å². The lowest BCUT2D eigenvalue weighted by atomic mass is 10.2. The summed E-state index contributed by atoms with van der Waals surface area (Å²) in [5, 5.41) is 10.9. The summed E-state index contributed by atoms with van der Waals surface area (Å²) in [5.41, 5.74) is 8.07. The third-order valence-electron chi connectivity index (χ3n) is 2.97. The molecule has 0 saturated heterocycles. The minimum atomic E-state index is -0.395. The second kappa shape index (κ2) is 6.49. The summed E-state index contributed by atoms with van der Waals surface area (Å²) in [5.74, 6) is -0.227. The number of halogens is 1. The van der Waals surface area contributed by atoms with Crippen LogP contribution < -0.4 is 11.1 Å². The largest absolute Gasteiger partial charge is 0.399 e. The Morgan fingerprint density at radius 2 is 1.95 bits per heavy atom. The van der Waals surface area contributed by atoms with Gasteiger partial charge in [-0.3, -0.25) is 10.1 Å². The van der Waals surface area contributed by atoms with Gasteiger partial charge in [-0.05, 0) is 31.0 Å². The minimum Gasteiger partial charge on any atom is -0.399 e. The first-order valence-electron chi connectivity index (χ1n) is 6.64. The van der Waals surface area contributed by atoms with Gasteiger partial charge in [0.1, 0.15) is 0 Å². The zero-order valence-electron chi connectivity index (χ0n) is 11.9. The van der Waals surface area contributed by atoms with Crippen LogP contribution >= 0.6 is 11.6 Å².